The average molecular weight is 737 g/mol. The molecular weight excluding hydrogens is 656 g/mol. The summed E-state index contributed by atoms with van der Waals surface area (Å²) in [5.41, 5.74) is 0. The van der Waals surface area contributed by atoms with Crippen LogP contribution in [0.3, 0.4) is 0 Å². The number of rotatable bonds is 40. The van der Waals surface area contributed by atoms with Crippen molar-refractivity contribution < 1.29 is 38.1 Å². The summed E-state index contributed by atoms with van der Waals surface area (Å²) >= 11 is 0. The number of carbonyl (C=O) groups is 4. The largest absolute Gasteiger partial charge is 0.463 e. The van der Waals surface area contributed by atoms with Gasteiger partial charge in [-0.15, -0.1) is 0 Å². The molecule has 0 atom stereocenters. The van der Waals surface area contributed by atoms with Crippen molar-refractivity contribution in [2.24, 2.45) is 0 Å². The van der Waals surface area contributed by atoms with Gasteiger partial charge in [0.1, 0.15) is 0 Å². The summed E-state index contributed by atoms with van der Waals surface area (Å²) in [6.45, 7) is 4.07. The fraction of sp³-hybridized carbons (Fsp3) is 0.864. The van der Waals surface area contributed by atoms with Crippen molar-refractivity contribution in [1.29, 1.82) is 0 Å². The Balaban J connectivity index is 3.51. The third-order valence-electron chi connectivity index (χ3n) is 9.54. The first-order valence-electron chi connectivity index (χ1n) is 21.8. The molecule has 52 heavy (non-hydrogen) atoms. The van der Waals surface area contributed by atoms with Crippen LogP contribution in [0.5, 0.6) is 0 Å². The molecule has 8 heteroatoms. The van der Waals surface area contributed by atoms with Crippen molar-refractivity contribution in [3.05, 3.63) is 12.2 Å². The molecule has 0 bridgehead atoms. The van der Waals surface area contributed by atoms with E-state index < -0.39 is 37.1 Å². The second-order valence-electron chi connectivity index (χ2n) is 14.6. The molecule has 0 radical (unpaired) electrons. The lowest BCUT2D eigenvalue weighted by atomic mass is 10.0. The highest BCUT2D eigenvalue weighted by Crippen LogP contribution is 2.15. The molecule has 0 saturated carbocycles. The van der Waals surface area contributed by atoms with E-state index in [9.17, 15) is 19.2 Å². The van der Waals surface area contributed by atoms with Gasteiger partial charge in [0.15, 0.2) is 13.2 Å². The zero-order chi connectivity index (χ0) is 38.0. The molecule has 0 saturated heterocycles. The summed E-state index contributed by atoms with van der Waals surface area (Å²) in [4.78, 5) is 47.2. The van der Waals surface area contributed by atoms with E-state index in [2.05, 4.69) is 13.8 Å². The van der Waals surface area contributed by atoms with E-state index in [1.165, 1.54) is 167 Å². The van der Waals surface area contributed by atoms with Crippen molar-refractivity contribution in [1.82, 2.24) is 0 Å². The molecule has 0 aromatic rings. The average Bonchev–Trinajstić information content (AvgIpc) is 3.14. The van der Waals surface area contributed by atoms with E-state index in [0.29, 0.717) is 13.2 Å². The van der Waals surface area contributed by atoms with Crippen molar-refractivity contribution in [2.45, 2.75) is 219 Å². The fourth-order valence-corrected chi connectivity index (χ4v) is 6.25. The van der Waals surface area contributed by atoms with Gasteiger partial charge in [-0.2, -0.15) is 0 Å². The van der Waals surface area contributed by atoms with Gasteiger partial charge in [0.25, 0.3) is 0 Å². The van der Waals surface area contributed by atoms with Gasteiger partial charge in [-0.3, -0.25) is 0 Å². The molecule has 0 spiro atoms. The van der Waals surface area contributed by atoms with Gasteiger partial charge in [0, 0.05) is 12.2 Å². The topological polar surface area (TPSA) is 105 Å². The minimum Gasteiger partial charge on any atom is -0.463 e. The summed E-state index contributed by atoms with van der Waals surface area (Å²) in [5, 5.41) is 0. The highest BCUT2D eigenvalue weighted by molar-refractivity contribution is 5.93. The Kier molecular flexibility index (Phi) is 39.5. The van der Waals surface area contributed by atoms with Gasteiger partial charge < -0.3 is 18.9 Å². The van der Waals surface area contributed by atoms with Crippen LogP contribution in [0, 0.1) is 0 Å². The first-order chi connectivity index (χ1) is 25.5. The Morgan fingerprint density at radius 2 is 0.519 bits per heavy atom. The Labute approximate surface area is 319 Å². The van der Waals surface area contributed by atoms with Crippen LogP contribution in [0.25, 0.3) is 0 Å². The highest BCUT2D eigenvalue weighted by Gasteiger charge is 2.09. The molecule has 304 valence electrons. The second-order valence-corrected chi connectivity index (χ2v) is 14.6. The Morgan fingerprint density at radius 1 is 0.308 bits per heavy atom. The van der Waals surface area contributed by atoms with Gasteiger partial charge in [-0.1, -0.05) is 206 Å². The lowest BCUT2D eigenvalue weighted by Gasteiger charge is -2.06. The summed E-state index contributed by atoms with van der Waals surface area (Å²) in [6, 6.07) is 0. The Bertz CT molecular complexity index is 787. The zero-order valence-electron chi connectivity index (χ0n) is 33.9. The molecular formula is C44H80O8. The predicted molar refractivity (Wildman–Crippen MR) is 212 cm³/mol. The molecule has 0 heterocycles. The molecule has 0 fully saturated rings. The minimum atomic E-state index is -0.873. The number of carbonyl (C=O) groups excluding carboxylic acids is 4. The van der Waals surface area contributed by atoms with Crippen LogP contribution in [0.2, 0.25) is 0 Å². The summed E-state index contributed by atoms with van der Waals surface area (Å²) in [6.07, 6.45) is 42.5. The third-order valence-corrected chi connectivity index (χ3v) is 9.54. The van der Waals surface area contributed by atoms with E-state index in [0.717, 1.165) is 50.7 Å². The van der Waals surface area contributed by atoms with Crippen molar-refractivity contribution >= 4 is 23.9 Å². The molecule has 0 N–H and O–H groups in total. The van der Waals surface area contributed by atoms with Gasteiger partial charge in [-0.25, -0.2) is 19.2 Å². The Hall–Kier alpha value is -2.38. The highest BCUT2D eigenvalue weighted by atomic mass is 16.6. The van der Waals surface area contributed by atoms with E-state index >= 15 is 0 Å². The fourth-order valence-electron chi connectivity index (χ4n) is 6.25. The number of hydrogen-bond acceptors (Lipinski definition) is 8. The van der Waals surface area contributed by atoms with Crippen LogP contribution in [-0.4, -0.2) is 50.3 Å². The van der Waals surface area contributed by atoms with Gasteiger partial charge in [-0.05, 0) is 12.8 Å². The number of esters is 4. The van der Waals surface area contributed by atoms with E-state index in [4.69, 9.17) is 18.9 Å². The van der Waals surface area contributed by atoms with E-state index in [1.54, 1.807) is 0 Å². The maximum absolute atomic E-state index is 11.8. The lowest BCUT2D eigenvalue weighted by Crippen LogP contribution is -2.17. The van der Waals surface area contributed by atoms with Crippen molar-refractivity contribution in [3.63, 3.8) is 0 Å². The van der Waals surface area contributed by atoms with Crippen LogP contribution >= 0.6 is 0 Å². The molecule has 0 aliphatic heterocycles. The molecule has 8 nitrogen and oxygen atoms in total. The standard InChI is InChI=1S/C44H80O8/c1-3-5-7-9-11-13-15-17-19-21-23-25-27-29-31-33-37-49-43(47)39-51-41(45)35-36-42(46)52-40-44(48)50-38-34-32-30-28-26-24-22-20-18-16-14-12-10-8-6-4-2/h35-36H,3-34,37-40H2,1-2H3/b36-35+. The summed E-state index contributed by atoms with van der Waals surface area (Å²) in [5.74, 6) is -3.00. The SMILES string of the molecule is CCCCCCCCCCCCCCCCCCOC(=O)COC(=O)/C=C/C(=O)OCC(=O)OCCCCCCCCCCCCCCCCCC. The zero-order valence-corrected chi connectivity index (χ0v) is 33.9. The molecule has 0 aromatic heterocycles. The predicted octanol–water partition coefficient (Wildman–Crippen LogP) is 12.2. The summed E-state index contributed by atoms with van der Waals surface area (Å²) in [7, 11) is 0. The minimum absolute atomic E-state index is 0.298. The molecule has 0 aliphatic carbocycles. The lowest BCUT2D eigenvalue weighted by molar-refractivity contribution is -0.157. The molecule has 0 unspecified atom stereocenters. The first kappa shape index (κ1) is 49.6. The number of hydrogen-bond donors (Lipinski definition) is 0. The number of ether oxygens (including phenoxy) is 4. The van der Waals surface area contributed by atoms with E-state index in [-0.39, 0.29) is 0 Å². The maximum Gasteiger partial charge on any atom is 0.344 e. The molecule has 0 aliphatic rings. The number of unbranched alkanes of at least 4 members (excludes halogenated alkanes) is 30. The van der Waals surface area contributed by atoms with Crippen LogP contribution in [-0.2, 0) is 38.1 Å². The second kappa shape index (κ2) is 41.4. The van der Waals surface area contributed by atoms with Crippen LogP contribution in [0.1, 0.15) is 219 Å². The molecule has 0 amide bonds. The molecule has 0 aromatic carbocycles. The van der Waals surface area contributed by atoms with E-state index in [1.807, 2.05) is 0 Å². The normalized spacial score (nSPS) is 11.2. The summed E-state index contributed by atoms with van der Waals surface area (Å²) < 4.78 is 19.8. The van der Waals surface area contributed by atoms with Gasteiger partial charge in [0.2, 0.25) is 0 Å². The van der Waals surface area contributed by atoms with Crippen molar-refractivity contribution in [3.8, 4) is 0 Å². The van der Waals surface area contributed by atoms with Gasteiger partial charge in [0.05, 0.1) is 13.2 Å². The van der Waals surface area contributed by atoms with Crippen LogP contribution < -0.4 is 0 Å². The first-order valence-corrected chi connectivity index (χ1v) is 21.8. The quantitative estimate of drug-likeness (QED) is 0.0265. The van der Waals surface area contributed by atoms with Crippen molar-refractivity contribution in [2.75, 3.05) is 26.4 Å². The van der Waals surface area contributed by atoms with Crippen LogP contribution in [0.15, 0.2) is 12.2 Å². The van der Waals surface area contributed by atoms with Crippen LogP contribution in [0.4, 0.5) is 0 Å². The van der Waals surface area contributed by atoms with Gasteiger partial charge >= 0.3 is 23.9 Å². The molecule has 0 rings (SSSR count). The Morgan fingerprint density at radius 3 is 0.750 bits per heavy atom. The smallest absolute Gasteiger partial charge is 0.344 e. The maximum atomic E-state index is 11.8. The monoisotopic (exact) mass is 737 g/mol. The third kappa shape index (κ3) is 40.4.